The number of ether oxygens (including phenoxy) is 3. The van der Waals surface area contributed by atoms with Crippen molar-refractivity contribution in [1.29, 1.82) is 0 Å². The maximum atomic E-state index is 12.4. The van der Waals surface area contributed by atoms with Crippen LogP contribution in [0.3, 0.4) is 0 Å². The van der Waals surface area contributed by atoms with Crippen molar-refractivity contribution in [2.24, 2.45) is 5.92 Å². The Morgan fingerprint density at radius 3 is 2.77 bits per heavy atom. The molecule has 1 aliphatic rings. The third-order valence-corrected chi connectivity index (χ3v) is 4.22. The second-order valence-corrected chi connectivity index (χ2v) is 6.75. The van der Waals surface area contributed by atoms with Gasteiger partial charge in [0.15, 0.2) is 23.9 Å². The SMILES string of the molecule is Cc1nn(CC(C)C)c(Cl)c1C(=O)OCC(=O)c1ccc2c(c1)OCO2. The zero-order chi connectivity index (χ0) is 18.8. The van der Waals surface area contributed by atoms with E-state index in [2.05, 4.69) is 5.10 Å². The van der Waals surface area contributed by atoms with Crippen LogP contribution in [-0.4, -0.2) is 34.9 Å². The molecule has 26 heavy (non-hydrogen) atoms. The first-order chi connectivity index (χ1) is 12.4. The number of fused-ring (bicyclic) bond motifs is 1. The van der Waals surface area contributed by atoms with Gasteiger partial charge in [-0.3, -0.25) is 9.48 Å². The van der Waals surface area contributed by atoms with Gasteiger partial charge in [-0.05, 0) is 31.0 Å². The standard InChI is InChI=1S/C18H19ClN2O5/c1-10(2)7-21-17(19)16(11(3)20-21)18(23)24-8-13(22)12-4-5-14-15(6-12)26-9-25-14/h4-6,10H,7-9H2,1-3H3. The van der Waals surface area contributed by atoms with Crippen molar-refractivity contribution in [3.05, 3.63) is 40.2 Å². The number of hydrogen-bond acceptors (Lipinski definition) is 6. The zero-order valence-corrected chi connectivity index (χ0v) is 15.5. The summed E-state index contributed by atoms with van der Waals surface area (Å²) in [5, 5.41) is 4.48. The molecule has 7 nitrogen and oxygen atoms in total. The molecule has 1 aromatic carbocycles. The first kappa shape index (κ1) is 18.3. The van der Waals surface area contributed by atoms with Crippen LogP contribution in [0.15, 0.2) is 18.2 Å². The van der Waals surface area contributed by atoms with Gasteiger partial charge in [-0.15, -0.1) is 0 Å². The number of nitrogens with zero attached hydrogens (tertiary/aromatic N) is 2. The van der Waals surface area contributed by atoms with E-state index in [-0.39, 0.29) is 23.3 Å². The zero-order valence-electron chi connectivity index (χ0n) is 14.7. The normalized spacial score (nSPS) is 12.5. The van der Waals surface area contributed by atoms with Crippen molar-refractivity contribution in [3.8, 4) is 11.5 Å². The highest BCUT2D eigenvalue weighted by Crippen LogP contribution is 2.32. The van der Waals surface area contributed by atoms with Crippen LogP contribution in [0, 0.1) is 12.8 Å². The maximum absolute atomic E-state index is 12.4. The third kappa shape index (κ3) is 3.67. The Morgan fingerprint density at radius 2 is 2.04 bits per heavy atom. The molecule has 3 rings (SSSR count). The van der Waals surface area contributed by atoms with Crippen molar-refractivity contribution >= 4 is 23.4 Å². The fourth-order valence-electron chi connectivity index (χ4n) is 2.61. The van der Waals surface area contributed by atoms with Crippen LogP contribution in [-0.2, 0) is 11.3 Å². The highest BCUT2D eigenvalue weighted by atomic mass is 35.5. The number of hydrogen-bond donors (Lipinski definition) is 0. The number of aryl methyl sites for hydroxylation is 1. The molecule has 2 heterocycles. The largest absolute Gasteiger partial charge is 0.454 e. The highest BCUT2D eigenvalue weighted by Gasteiger charge is 2.23. The Bertz CT molecular complexity index is 860. The van der Waals surface area contributed by atoms with Crippen LogP contribution in [0.5, 0.6) is 11.5 Å². The van der Waals surface area contributed by atoms with E-state index < -0.39 is 12.6 Å². The molecule has 138 valence electrons. The van der Waals surface area contributed by atoms with Crippen molar-refractivity contribution in [2.45, 2.75) is 27.3 Å². The summed E-state index contributed by atoms with van der Waals surface area (Å²) in [6, 6.07) is 4.81. The van der Waals surface area contributed by atoms with Crippen molar-refractivity contribution in [2.75, 3.05) is 13.4 Å². The Hall–Kier alpha value is -2.54. The minimum absolute atomic E-state index is 0.125. The molecule has 0 spiro atoms. The molecular weight excluding hydrogens is 360 g/mol. The summed E-state index contributed by atoms with van der Waals surface area (Å²) in [6.45, 7) is 6.04. The number of halogens is 1. The number of Topliss-reactive ketones (excluding diaryl/α,β-unsaturated/α-hetero) is 1. The molecule has 0 saturated carbocycles. The molecule has 1 aliphatic heterocycles. The van der Waals surface area contributed by atoms with Gasteiger partial charge < -0.3 is 14.2 Å². The predicted molar refractivity (Wildman–Crippen MR) is 94.0 cm³/mol. The number of rotatable bonds is 6. The van der Waals surface area contributed by atoms with Gasteiger partial charge in [-0.1, -0.05) is 25.4 Å². The molecule has 0 saturated heterocycles. The molecule has 1 aromatic heterocycles. The van der Waals surface area contributed by atoms with Crippen molar-refractivity contribution in [3.63, 3.8) is 0 Å². The molecular formula is C18H19ClN2O5. The van der Waals surface area contributed by atoms with Gasteiger partial charge >= 0.3 is 5.97 Å². The number of aromatic nitrogens is 2. The molecule has 0 atom stereocenters. The van der Waals surface area contributed by atoms with E-state index in [1.807, 2.05) is 13.8 Å². The number of esters is 1. The third-order valence-electron chi connectivity index (χ3n) is 3.84. The Morgan fingerprint density at radius 1 is 1.31 bits per heavy atom. The molecule has 0 fully saturated rings. The van der Waals surface area contributed by atoms with Crippen LogP contribution < -0.4 is 9.47 Å². The lowest BCUT2D eigenvalue weighted by atomic mass is 10.1. The van der Waals surface area contributed by atoms with Gasteiger partial charge in [-0.2, -0.15) is 5.10 Å². The Labute approximate surface area is 155 Å². The lowest BCUT2D eigenvalue weighted by molar-refractivity contribution is 0.0474. The summed E-state index contributed by atoms with van der Waals surface area (Å²) in [4.78, 5) is 24.6. The second kappa shape index (κ2) is 7.37. The fraction of sp³-hybridized carbons (Fsp3) is 0.389. The van der Waals surface area contributed by atoms with Crippen LogP contribution in [0.2, 0.25) is 5.15 Å². The van der Waals surface area contributed by atoms with Gasteiger partial charge in [0, 0.05) is 12.1 Å². The molecule has 0 amide bonds. The fourth-order valence-corrected chi connectivity index (χ4v) is 2.93. The summed E-state index contributed by atoms with van der Waals surface area (Å²) in [5.74, 6) is 0.384. The van der Waals surface area contributed by atoms with Crippen molar-refractivity contribution < 1.29 is 23.8 Å². The molecule has 0 bridgehead atoms. The van der Waals surface area contributed by atoms with Crippen LogP contribution in [0.4, 0.5) is 0 Å². The average Bonchev–Trinajstić information content (AvgIpc) is 3.16. The van der Waals surface area contributed by atoms with E-state index in [1.54, 1.807) is 29.8 Å². The average molecular weight is 379 g/mol. The van der Waals surface area contributed by atoms with Gasteiger partial charge in [0.1, 0.15) is 10.7 Å². The van der Waals surface area contributed by atoms with Crippen LogP contribution in [0.1, 0.15) is 40.3 Å². The lowest BCUT2D eigenvalue weighted by Gasteiger charge is -2.07. The van der Waals surface area contributed by atoms with Gasteiger partial charge in [-0.25, -0.2) is 4.79 Å². The Balaban J connectivity index is 1.67. The first-order valence-corrected chi connectivity index (χ1v) is 8.57. The van der Waals surface area contributed by atoms with E-state index in [9.17, 15) is 9.59 Å². The molecule has 0 aliphatic carbocycles. The topological polar surface area (TPSA) is 79.7 Å². The van der Waals surface area contributed by atoms with Crippen LogP contribution >= 0.6 is 11.6 Å². The second-order valence-electron chi connectivity index (χ2n) is 6.39. The first-order valence-electron chi connectivity index (χ1n) is 8.19. The molecule has 0 unspecified atom stereocenters. The summed E-state index contributed by atoms with van der Waals surface area (Å²) in [7, 11) is 0. The number of carbonyl (C=O) groups excluding carboxylic acids is 2. The highest BCUT2D eigenvalue weighted by molar-refractivity contribution is 6.32. The monoisotopic (exact) mass is 378 g/mol. The quantitative estimate of drug-likeness (QED) is 0.567. The molecule has 8 heteroatoms. The maximum Gasteiger partial charge on any atom is 0.343 e. The number of benzene rings is 1. The summed E-state index contributed by atoms with van der Waals surface area (Å²) < 4.78 is 17.2. The van der Waals surface area contributed by atoms with E-state index in [1.165, 1.54) is 0 Å². The summed E-state index contributed by atoms with van der Waals surface area (Å²) in [5.41, 5.74) is 1.03. The number of ketones is 1. The molecule has 0 radical (unpaired) electrons. The molecule has 2 aromatic rings. The van der Waals surface area contributed by atoms with Gasteiger partial charge in [0.25, 0.3) is 0 Å². The van der Waals surface area contributed by atoms with Gasteiger partial charge in [0.05, 0.1) is 5.69 Å². The minimum atomic E-state index is -0.670. The summed E-state index contributed by atoms with van der Waals surface area (Å²) >= 11 is 6.25. The smallest absolute Gasteiger partial charge is 0.343 e. The predicted octanol–water partition coefficient (Wildman–Crippen LogP) is 3.27. The Kier molecular flexibility index (Phi) is 5.18. The lowest BCUT2D eigenvalue weighted by Crippen LogP contribution is -2.15. The van der Waals surface area contributed by atoms with E-state index in [0.717, 1.165) is 0 Å². The number of carbonyl (C=O) groups is 2. The van der Waals surface area contributed by atoms with Gasteiger partial charge in [0.2, 0.25) is 6.79 Å². The van der Waals surface area contributed by atoms with E-state index in [4.69, 9.17) is 25.8 Å². The molecule has 0 N–H and O–H groups in total. The minimum Gasteiger partial charge on any atom is -0.454 e. The van der Waals surface area contributed by atoms with Crippen LogP contribution in [0.25, 0.3) is 0 Å². The summed E-state index contributed by atoms with van der Waals surface area (Å²) in [6.07, 6.45) is 0. The van der Waals surface area contributed by atoms with Crippen molar-refractivity contribution in [1.82, 2.24) is 9.78 Å². The van der Waals surface area contributed by atoms with E-state index in [0.29, 0.717) is 35.2 Å². The van der Waals surface area contributed by atoms with E-state index >= 15 is 0 Å².